The highest BCUT2D eigenvalue weighted by atomic mass is 16.1. The van der Waals surface area contributed by atoms with Gasteiger partial charge in [0.15, 0.2) is 0 Å². The Morgan fingerprint density at radius 1 is 1.57 bits per heavy atom. The lowest BCUT2D eigenvalue weighted by molar-refractivity contribution is -0.891. The van der Waals surface area contributed by atoms with Crippen LogP contribution in [0.15, 0.2) is 12.7 Å². The number of nitrogens with zero attached hydrogens (tertiary/aromatic N) is 1. The number of hydrogen-bond acceptors (Lipinski definition) is 1. The van der Waals surface area contributed by atoms with Gasteiger partial charge in [-0.2, -0.15) is 0 Å². The largest absolute Gasteiger partial charge is 0.352 e. The number of rotatable bonds is 6. The lowest BCUT2D eigenvalue weighted by Gasteiger charge is -2.31. The second-order valence-electron chi connectivity index (χ2n) is 4.49. The molecule has 1 unspecified atom stereocenters. The molecule has 0 saturated carbocycles. The van der Waals surface area contributed by atoms with E-state index in [1.165, 1.54) is 6.08 Å². The first-order chi connectivity index (χ1) is 6.41. The second kappa shape index (κ2) is 5.81. The van der Waals surface area contributed by atoms with Gasteiger partial charge in [0, 0.05) is 12.5 Å². The molecule has 0 saturated heterocycles. The van der Waals surface area contributed by atoms with E-state index >= 15 is 0 Å². The molecule has 1 N–H and O–H groups in total. The summed E-state index contributed by atoms with van der Waals surface area (Å²) in [6.07, 6.45) is 1.31. The normalized spacial score (nSPS) is 13.4. The summed E-state index contributed by atoms with van der Waals surface area (Å²) < 4.78 is 0.991. The topological polar surface area (TPSA) is 29.1 Å². The van der Waals surface area contributed by atoms with Crippen LogP contribution in [0.3, 0.4) is 0 Å². The zero-order valence-electron chi connectivity index (χ0n) is 9.84. The Kier molecular flexibility index (Phi) is 5.46. The standard InChI is InChI=1S/C11H22N2O/c1-6-11(14)12-8-10(3)9-13(4,5)7-2/h6,10H,1,7-9H2,2-5H3/p+1. The lowest BCUT2D eigenvalue weighted by Crippen LogP contribution is -2.45. The Balaban J connectivity index is 3.81. The van der Waals surface area contributed by atoms with E-state index in [9.17, 15) is 4.79 Å². The van der Waals surface area contributed by atoms with Crippen LogP contribution >= 0.6 is 0 Å². The molecule has 0 bridgehead atoms. The third kappa shape index (κ3) is 5.75. The molecule has 0 aliphatic rings. The van der Waals surface area contributed by atoms with Crippen LogP contribution in [0.1, 0.15) is 13.8 Å². The monoisotopic (exact) mass is 199 g/mol. The summed E-state index contributed by atoms with van der Waals surface area (Å²) in [5, 5.41) is 2.81. The van der Waals surface area contributed by atoms with E-state index in [2.05, 4.69) is 39.8 Å². The van der Waals surface area contributed by atoms with Crippen molar-refractivity contribution in [3.8, 4) is 0 Å². The molecule has 14 heavy (non-hydrogen) atoms. The third-order valence-corrected chi connectivity index (χ3v) is 2.47. The quantitative estimate of drug-likeness (QED) is 0.502. The lowest BCUT2D eigenvalue weighted by atomic mass is 10.1. The highest BCUT2D eigenvalue weighted by Crippen LogP contribution is 2.03. The molecule has 3 nitrogen and oxygen atoms in total. The third-order valence-electron chi connectivity index (χ3n) is 2.47. The van der Waals surface area contributed by atoms with Crippen LogP contribution in [-0.2, 0) is 4.79 Å². The zero-order chi connectivity index (χ0) is 11.2. The van der Waals surface area contributed by atoms with Crippen molar-refractivity contribution in [3.05, 3.63) is 12.7 Å². The van der Waals surface area contributed by atoms with E-state index in [1.54, 1.807) is 0 Å². The van der Waals surface area contributed by atoms with Gasteiger partial charge in [0.2, 0.25) is 5.91 Å². The van der Waals surface area contributed by atoms with Crippen LogP contribution < -0.4 is 5.32 Å². The van der Waals surface area contributed by atoms with Gasteiger partial charge < -0.3 is 9.80 Å². The van der Waals surface area contributed by atoms with E-state index in [4.69, 9.17) is 0 Å². The first-order valence-electron chi connectivity index (χ1n) is 5.13. The fourth-order valence-electron chi connectivity index (χ4n) is 1.38. The van der Waals surface area contributed by atoms with Gasteiger partial charge in [0.05, 0.1) is 27.2 Å². The molecule has 0 aliphatic carbocycles. The molecule has 0 aromatic carbocycles. The number of carbonyl (C=O) groups is 1. The number of nitrogens with one attached hydrogen (secondary N) is 1. The molecule has 0 heterocycles. The molecule has 0 aliphatic heterocycles. The molecule has 0 aromatic rings. The van der Waals surface area contributed by atoms with Gasteiger partial charge in [-0.25, -0.2) is 0 Å². The minimum absolute atomic E-state index is 0.0846. The van der Waals surface area contributed by atoms with Crippen LogP contribution in [0, 0.1) is 5.92 Å². The fourth-order valence-corrected chi connectivity index (χ4v) is 1.38. The summed E-state index contributed by atoms with van der Waals surface area (Å²) in [5.41, 5.74) is 0. The highest BCUT2D eigenvalue weighted by molar-refractivity contribution is 5.86. The second-order valence-corrected chi connectivity index (χ2v) is 4.49. The van der Waals surface area contributed by atoms with Gasteiger partial charge in [-0.05, 0) is 13.0 Å². The van der Waals surface area contributed by atoms with Gasteiger partial charge in [-0.3, -0.25) is 4.79 Å². The minimum atomic E-state index is -0.0846. The maximum absolute atomic E-state index is 10.9. The van der Waals surface area contributed by atoms with Crippen LogP contribution in [-0.4, -0.2) is 44.1 Å². The van der Waals surface area contributed by atoms with Gasteiger partial charge in [0.25, 0.3) is 0 Å². The van der Waals surface area contributed by atoms with E-state index in [0.717, 1.165) is 24.1 Å². The van der Waals surface area contributed by atoms with Gasteiger partial charge in [-0.1, -0.05) is 13.5 Å². The average molecular weight is 199 g/mol. The van der Waals surface area contributed by atoms with Crippen molar-refractivity contribution in [2.75, 3.05) is 33.7 Å². The summed E-state index contributed by atoms with van der Waals surface area (Å²) in [5.74, 6) is 0.410. The van der Waals surface area contributed by atoms with E-state index in [-0.39, 0.29) is 5.91 Å². The number of hydrogen-bond donors (Lipinski definition) is 1. The Morgan fingerprint density at radius 2 is 2.14 bits per heavy atom. The maximum atomic E-state index is 10.9. The smallest absolute Gasteiger partial charge is 0.243 e. The Hall–Kier alpha value is -0.830. The fraction of sp³-hybridized carbons (Fsp3) is 0.727. The number of quaternary nitrogens is 1. The predicted molar refractivity (Wildman–Crippen MR) is 59.9 cm³/mol. The van der Waals surface area contributed by atoms with Gasteiger partial charge >= 0.3 is 0 Å². The molecule has 0 fully saturated rings. The molecule has 1 atom stereocenters. The van der Waals surface area contributed by atoms with E-state index in [0.29, 0.717) is 5.92 Å². The van der Waals surface area contributed by atoms with Crippen molar-refractivity contribution in [2.24, 2.45) is 5.92 Å². The van der Waals surface area contributed by atoms with Crippen LogP contribution in [0.2, 0.25) is 0 Å². The van der Waals surface area contributed by atoms with Crippen molar-refractivity contribution < 1.29 is 9.28 Å². The Morgan fingerprint density at radius 3 is 2.57 bits per heavy atom. The summed E-state index contributed by atoms with van der Waals surface area (Å²) in [7, 11) is 4.40. The summed E-state index contributed by atoms with van der Waals surface area (Å²) in [6, 6.07) is 0. The molecular formula is C11H23N2O+. The van der Waals surface area contributed by atoms with Gasteiger partial charge in [-0.15, -0.1) is 0 Å². The van der Waals surface area contributed by atoms with Crippen LogP contribution in [0.5, 0.6) is 0 Å². The predicted octanol–water partition coefficient (Wildman–Crippen LogP) is 1.02. The summed E-state index contributed by atoms with van der Waals surface area (Å²) in [6.45, 7) is 10.7. The molecular weight excluding hydrogens is 176 g/mol. The number of carbonyl (C=O) groups excluding carboxylic acids is 1. The molecule has 1 amide bonds. The molecule has 0 radical (unpaired) electrons. The van der Waals surface area contributed by atoms with Crippen molar-refractivity contribution in [2.45, 2.75) is 13.8 Å². The molecule has 0 rings (SSSR count). The molecule has 0 spiro atoms. The zero-order valence-corrected chi connectivity index (χ0v) is 9.84. The highest BCUT2D eigenvalue weighted by Gasteiger charge is 2.16. The van der Waals surface area contributed by atoms with Gasteiger partial charge in [0.1, 0.15) is 0 Å². The van der Waals surface area contributed by atoms with E-state index in [1.807, 2.05) is 0 Å². The van der Waals surface area contributed by atoms with Crippen molar-refractivity contribution in [1.29, 1.82) is 0 Å². The molecule has 3 heteroatoms. The van der Waals surface area contributed by atoms with E-state index < -0.39 is 0 Å². The van der Waals surface area contributed by atoms with Crippen molar-refractivity contribution in [1.82, 2.24) is 5.32 Å². The average Bonchev–Trinajstić information content (AvgIpc) is 2.13. The summed E-state index contributed by atoms with van der Waals surface area (Å²) >= 11 is 0. The van der Waals surface area contributed by atoms with Crippen molar-refractivity contribution >= 4 is 5.91 Å². The first-order valence-corrected chi connectivity index (χ1v) is 5.13. The van der Waals surface area contributed by atoms with Crippen molar-refractivity contribution in [3.63, 3.8) is 0 Å². The Bertz CT molecular complexity index is 199. The first kappa shape index (κ1) is 13.2. The maximum Gasteiger partial charge on any atom is 0.243 e. The SMILES string of the molecule is C=CC(=O)NCC(C)C[N+](C)(C)CC. The minimum Gasteiger partial charge on any atom is -0.352 e. The van der Waals surface area contributed by atoms with Crippen LogP contribution in [0.4, 0.5) is 0 Å². The summed E-state index contributed by atoms with van der Waals surface area (Å²) in [4.78, 5) is 10.9. The van der Waals surface area contributed by atoms with Crippen LogP contribution in [0.25, 0.3) is 0 Å². The number of amides is 1. The molecule has 0 aromatic heterocycles. The molecule has 82 valence electrons. The Labute approximate surface area is 87.4 Å².